The molecule has 0 saturated heterocycles. The van der Waals surface area contributed by atoms with Crippen LogP contribution in [0.15, 0.2) is 42.7 Å². The first-order valence-electron chi connectivity index (χ1n) is 7.14. The molecule has 0 bridgehead atoms. The number of aromatic nitrogens is 2. The molecule has 0 spiro atoms. The summed E-state index contributed by atoms with van der Waals surface area (Å²) in [5.74, 6) is 0.563. The number of aryl methyl sites for hydroxylation is 1. The van der Waals surface area contributed by atoms with Crippen molar-refractivity contribution in [2.24, 2.45) is 7.05 Å². The van der Waals surface area contributed by atoms with Crippen LogP contribution in [-0.4, -0.2) is 22.1 Å². The van der Waals surface area contributed by atoms with Gasteiger partial charge in [-0.1, -0.05) is 37.6 Å². The van der Waals surface area contributed by atoms with Crippen molar-refractivity contribution in [2.75, 3.05) is 6.61 Å². The van der Waals surface area contributed by atoms with Gasteiger partial charge >= 0.3 is 5.97 Å². The fourth-order valence-electron chi connectivity index (χ4n) is 1.99. The van der Waals surface area contributed by atoms with E-state index in [0.29, 0.717) is 6.61 Å². The number of unbranched alkanes of at least 4 members (excludes halogenated alkanes) is 1. The number of benzene rings is 1. The Labute approximate surface area is 125 Å². The van der Waals surface area contributed by atoms with Crippen LogP contribution in [0.5, 0.6) is 0 Å². The molecule has 1 aromatic heterocycles. The SMILES string of the molecule is CCCCOC(=O)/C=C/c1ccccc1-c1nccn1C. The van der Waals surface area contributed by atoms with E-state index in [-0.39, 0.29) is 5.97 Å². The molecule has 0 saturated carbocycles. The van der Waals surface area contributed by atoms with Gasteiger partial charge in [-0.3, -0.25) is 0 Å². The van der Waals surface area contributed by atoms with E-state index in [2.05, 4.69) is 11.9 Å². The van der Waals surface area contributed by atoms with E-state index < -0.39 is 0 Å². The van der Waals surface area contributed by atoms with Gasteiger partial charge in [0.1, 0.15) is 5.82 Å². The summed E-state index contributed by atoms with van der Waals surface area (Å²) in [4.78, 5) is 16.0. The zero-order valence-electron chi connectivity index (χ0n) is 12.5. The molecule has 0 unspecified atom stereocenters. The minimum Gasteiger partial charge on any atom is -0.463 e. The molecule has 2 aromatic rings. The predicted octanol–water partition coefficient (Wildman–Crippen LogP) is 3.44. The first kappa shape index (κ1) is 15.0. The Morgan fingerprint density at radius 1 is 1.38 bits per heavy atom. The van der Waals surface area contributed by atoms with Crippen LogP contribution in [-0.2, 0) is 16.6 Å². The maximum Gasteiger partial charge on any atom is 0.330 e. The van der Waals surface area contributed by atoms with Crippen LogP contribution >= 0.6 is 0 Å². The van der Waals surface area contributed by atoms with Crippen molar-refractivity contribution in [2.45, 2.75) is 19.8 Å². The van der Waals surface area contributed by atoms with Crippen LogP contribution in [0.1, 0.15) is 25.3 Å². The van der Waals surface area contributed by atoms with Gasteiger partial charge in [0, 0.05) is 31.1 Å². The number of ether oxygens (including phenoxy) is 1. The van der Waals surface area contributed by atoms with Gasteiger partial charge in [-0.05, 0) is 18.1 Å². The summed E-state index contributed by atoms with van der Waals surface area (Å²) in [5, 5.41) is 0. The van der Waals surface area contributed by atoms with E-state index in [4.69, 9.17) is 4.74 Å². The fraction of sp³-hybridized carbons (Fsp3) is 0.294. The molecular formula is C17H20N2O2. The quantitative estimate of drug-likeness (QED) is 0.463. The Morgan fingerprint density at radius 2 is 2.19 bits per heavy atom. The van der Waals surface area contributed by atoms with E-state index in [1.807, 2.05) is 42.1 Å². The van der Waals surface area contributed by atoms with Gasteiger partial charge < -0.3 is 9.30 Å². The van der Waals surface area contributed by atoms with E-state index in [9.17, 15) is 4.79 Å². The minimum atomic E-state index is -0.307. The summed E-state index contributed by atoms with van der Waals surface area (Å²) in [7, 11) is 1.95. The van der Waals surface area contributed by atoms with Crippen LogP contribution in [0.25, 0.3) is 17.5 Å². The number of carbonyl (C=O) groups is 1. The summed E-state index contributed by atoms with van der Waals surface area (Å²) in [5.41, 5.74) is 1.93. The highest BCUT2D eigenvalue weighted by atomic mass is 16.5. The smallest absolute Gasteiger partial charge is 0.330 e. The highest BCUT2D eigenvalue weighted by Crippen LogP contribution is 2.22. The molecule has 0 aliphatic heterocycles. The molecule has 1 aromatic carbocycles. The Morgan fingerprint density at radius 3 is 2.90 bits per heavy atom. The highest BCUT2D eigenvalue weighted by molar-refractivity contribution is 5.88. The number of hydrogen-bond donors (Lipinski definition) is 0. The zero-order chi connectivity index (χ0) is 15.1. The van der Waals surface area contributed by atoms with Crippen LogP contribution < -0.4 is 0 Å². The largest absolute Gasteiger partial charge is 0.463 e. The summed E-state index contributed by atoms with van der Waals surface area (Å²) in [6.07, 6.45) is 8.81. The van der Waals surface area contributed by atoms with Gasteiger partial charge in [0.2, 0.25) is 0 Å². The molecular weight excluding hydrogens is 264 g/mol. The first-order valence-corrected chi connectivity index (χ1v) is 7.14. The van der Waals surface area contributed by atoms with Gasteiger partial charge in [0.25, 0.3) is 0 Å². The fourth-order valence-corrected chi connectivity index (χ4v) is 1.99. The third kappa shape index (κ3) is 4.05. The van der Waals surface area contributed by atoms with Crippen molar-refractivity contribution in [3.05, 3.63) is 48.3 Å². The molecule has 2 rings (SSSR count). The minimum absolute atomic E-state index is 0.307. The third-order valence-electron chi connectivity index (χ3n) is 3.16. The average Bonchev–Trinajstić information content (AvgIpc) is 2.92. The Balaban J connectivity index is 2.14. The molecule has 21 heavy (non-hydrogen) atoms. The molecule has 0 radical (unpaired) electrons. The summed E-state index contributed by atoms with van der Waals surface area (Å²) < 4.78 is 7.06. The lowest BCUT2D eigenvalue weighted by molar-refractivity contribution is -0.137. The molecule has 1 heterocycles. The second-order valence-corrected chi connectivity index (χ2v) is 4.80. The summed E-state index contributed by atoms with van der Waals surface area (Å²) in [6.45, 7) is 2.54. The van der Waals surface area contributed by atoms with Gasteiger partial charge in [0.05, 0.1) is 6.61 Å². The monoisotopic (exact) mass is 284 g/mol. The lowest BCUT2D eigenvalue weighted by Crippen LogP contribution is -2.01. The first-order chi connectivity index (χ1) is 10.2. The Kier molecular flexibility index (Phi) is 5.32. The number of hydrogen-bond acceptors (Lipinski definition) is 3. The van der Waals surface area contributed by atoms with E-state index in [1.54, 1.807) is 12.3 Å². The van der Waals surface area contributed by atoms with Crippen LogP contribution in [0.2, 0.25) is 0 Å². The highest BCUT2D eigenvalue weighted by Gasteiger charge is 2.07. The standard InChI is InChI=1S/C17H20N2O2/c1-3-4-13-21-16(20)10-9-14-7-5-6-8-15(14)17-18-11-12-19(17)2/h5-12H,3-4,13H2,1-2H3/b10-9+. The van der Waals surface area contributed by atoms with Gasteiger partial charge in [-0.25, -0.2) is 9.78 Å². The molecule has 4 nitrogen and oxygen atoms in total. The molecule has 0 aliphatic rings. The van der Waals surface area contributed by atoms with Crippen molar-refractivity contribution in [1.29, 1.82) is 0 Å². The Hall–Kier alpha value is -2.36. The van der Waals surface area contributed by atoms with Crippen LogP contribution in [0.3, 0.4) is 0 Å². The molecule has 0 amide bonds. The second kappa shape index (κ2) is 7.43. The average molecular weight is 284 g/mol. The number of nitrogens with zero attached hydrogens (tertiary/aromatic N) is 2. The molecule has 0 fully saturated rings. The third-order valence-corrected chi connectivity index (χ3v) is 3.16. The van der Waals surface area contributed by atoms with E-state index >= 15 is 0 Å². The lowest BCUT2D eigenvalue weighted by Gasteiger charge is -2.06. The van der Waals surface area contributed by atoms with Gasteiger partial charge in [0.15, 0.2) is 0 Å². The number of rotatable bonds is 6. The van der Waals surface area contributed by atoms with Crippen molar-refractivity contribution in [1.82, 2.24) is 9.55 Å². The molecule has 0 atom stereocenters. The number of esters is 1. The summed E-state index contributed by atoms with van der Waals surface area (Å²) >= 11 is 0. The predicted molar refractivity (Wildman–Crippen MR) is 83.5 cm³/mol. The van der Waals surface area contributed by atoms with Crippen molar-refractivity contribution < 1.29 is 9.53 Å². The maximum atomic E-state index is 11.6. The normalized spacial score (nSPS) is 11.0. The summed E-state index contributed by atoms with van der Waals surface area (Å²) in [6, 6.07) is 7.85. The maximum absolute atomic E-state index is 11.6. The molecule has 4 heteroatoms. The van der Waals surface area contributed by atoms with E-state index in [0.717, 1.165) is 29.8 Å². The Bertz CT molecular complexity index is 629. The van der Waals surface area contributed by atoms with Crippen molar-refractivity contribution >= 4 is 12.0 Å². The number of carbonyl (C=O) groups excluding carboxylic acids is 1. The van der Waals surface area contributed by atoms with E-state index in [1.165, 1.54) is 6.08 Å². The molecule has 0 aliphatic carbocycles. The topological polar surface area (TPSA) is 44.1 Å². The van der Waals surface area contributed by atoms with Gasteiger partial charge in [-0.2, -0.15) is 0 Å². The zero-order valence-corrected chi connectivity index (χ0v) is 12.5. The van der Waals surface area contributed by atoms with Crippen molar-refractivity contribution in [3.8, 4) is 11.4 Å². The van der Waals surface area contributed by atoms with Crippen molar-refractivity contribution in [3.63, 3.8) is 0 Å². The number of imidazole rings is 1. The lowest BCUT2D eigenvalue weighted by atomic mass is 10.1. The van der Waals surface area contributed by atoms with Crippen LogP contribution in [0, 0.1) is 0 Å². The van der Waals surface area contributed by atoms with Gasteiger partial charge in [-0.15, -0.1) is 0 Å². The molecule has 110 valence electrons. The molecule has 0 N–H and O–H groups in total. The van der Waals surface area contributed by atoms with Crippen LogP contribution in [0.4, 0.5) is 0 Å². The second-order valence-electron chi connectivity index (χ2n) is 4.80.